The maximum atomic E-state index is 14.5. The first-order valence-electron chi connectivity index (χ1n) is 12.8. The van der Waals surface area contributed by atoms with Crippen molar-refractivity contribution in [2.45, 2.75) is 45.3 Å². The lowest BCUT2D eigenvalue weighted by Crippen LogP contribution is -2.49. The molecule has 1 heterocycles. The van der Waals surface area contributed by atoms with Gasteiger partial charge < -0.3 is 14.8 Å². The topological polar surface area (TPSA) is 84.9 Å². The molecule has 0 aromatic heterocycles. The Morgan fingerprint density at radius 1 is 1.03 bits per heavy atom. The predicted octanol–water partition coefficient (Wildman–Crippen LogP) is 5.00. The van der Waals surface area contributed by atoms with Gasteiger partial charge in [-0.25, -0.2) is 4.79 Å². The number of ether oxygens (including phenoxy) is 2. The number of anilines is 2. The van der Waals surface area contributed by atoms with Gasteiger partial charge in [0.2, 0.25) is 5.91 Å². The molecule has 7 nitrogen and oxygen atoms in total. The van der Waals surface area contributed by atoms with Gasteiger partial charge in [-0.05, 0) is 63.3 Å². The molecule has 0 spiro atoms. The van der Waals surface area contributed by atoms with Gasteiger partial charge >= 0.3 is 12.1 Å². The summed E-state index contributed by atoms with van der Waals surface area (Å²) in [7, 11) is 0. The second kappa shape index (κ2) is 10.2. The zero-order chi connectivity index (χ0) is 25.2. The van der Waals surface area contributed by atoms with Gasteiger partial charge in [-0.15, -0.1) is 0 Å². The van der Waals surface area contributed by atoms with Crippen molar-refractivity contribution in [3.63, 3.8) is 0 Å². The highest BCUT2D eigenvalue weighted by molar-refractivity contribution is 6.03. The predicted molar refractivity (Wildman–Crippen MR) is 135 cm³/mol. The average molecular weight is 489 g/mol. The van der Waals surface area contributed by atoms with Crippen LogP contribution in [-0.2, 0) is 19.1 Å². The van der Waals surface area contributed by atoms with Crippen LogP contribution in [0.15, 0.2) is 72.3 Å². The van der Waals surface area contributed by atoms with Crippen LogP contribution >= 0.6 is 0 Å². The second-order valence-electron chi connectivity index (χ2n) is 9.81. The molecule has 2 amide bonds. The van der Waals surface area contributed by atoms with Crippen LogP contribution in [0.3, 0.4) is 0 Å². The van der Waals surface area contributed by atoms with Crippen molar-refractivity contribution in [1.82, 2.24) is 5.32 Å². The lowest BCUT2D eigenvalue weighted by Gasteiger charge is -2.44. The Kier molecular flexibility index (Phi) is 6.81. The number of cyclic esters (lactones) is 1. The molecule has 36 heavy (non-hydrogen) atoms. The molecule has 2 fully saturated rings. The molecule has 0 radical (unpaired) electrons. The fourth-order valence-electron chi connectivity index (χ4n) is 6.19. The van der Waals surface area contributed by atoms with Crippen LogP contribution < -0.4 is 10.2 Å². The first-order chi connectivity index (χ1) is 17.5. The van der Waals surface area contributed by atoms with E-state index in [9.17, 15) is 14.4 Å². The van der Waals surface area contributed by atoms with Crippen LogP contribution in [0.2, 0.25) is 0 Å². The molecule has 188 valence electrons. The fraction of sp³-hybridized carbons (Fsp3) is 0.414. The van der Waals surface area contributed by atoms with Crippen LogP contribution in [0, 0.1) is 23.7 Å². The molecule has 1 aliphatic heterocycles. The first-order valence-corrected chi connectivity index (χ1v) is 12.8. The van der Waals surface area contributed by atoms with Crippen molar-refractivity contribution in [3.05, 3.63) is 72.3 Å². The molecule has 3 aliphatic rings. The minimum absolute atomic E-state index is 0.0223. The molecule has 1 saturated carbocycles. The maximum absolute atomic E-state index is 14.5. The van der Waals surface area contributed by atoms with Crippen molar-refractivity contribution in [2.75, 3.05) is 11.5 Å². The minimum atomic E-state index is -0.463. The van der Waals surface area contributed by atoms with Gasteiger partial charge in [0.05, 0.1) is 18.4 Å². The zero-order valence-electron chi connectivity index (χ0n) is 20.6. The number of nitrogens with one attached hydrogen (secondary N) is 1. The Bertz CT molecular complexity index is 1110. The van der Waals surface area contributed by atoms with E-state index < -0.39 is 17.9 Å². The van der Waals surface area contributed by atoms with Crippen LogP contribution in [0.5, 0.6) is 0 Å². The number of carbonyl (C=O) groups is 3. The van der Waals surface area contributed by atoms with E-state index in [1.807, 2.05) is 73.7 Å². The number of esters is 1. The number of hydrogen-bond donors (Lipinski definition) is 1. The molecule has 2 aromatic rings. The number of alkyl carbamates (subject to hydrolysis) is 1. The monoisotopic (exact) mass is 488 g/mol. The molecule has 2 aromatic carbocycles. The minimum Gasteiger partial charge on any atom is -0.462 e. The van der Waals surface area contributed by atoms with E-state index in [2.05, 4.69) is 5.32 Å². The molecule has 2 aliphatic carbocycles. The number of hydrogen-bond acceptors (Lipinski definition) is 5. The molecule has 6 atom stereocenters. The van der Waals surface area contributed by atoms with Gasteiger partial charge in [0, 0.05) is 23.3 Å². The van der Waals surface area contributed by atoms with E-state index in [1.165, 1.54) is 0 Å². The third kappa shape index (κ3) is 4.50. The number of amides is 2. The van der Waals surface area contributed by atoms with Crippen LogP contribution in [-0.4, -0.2) is 36.7 Å². The highest BCUT2D eigenvalue weighted by Crippen LogP contribution is 2.51. The largest absolute Gasteiger partial charge is 0.462 e. The molecule has 0 unspecified atom stereocenters. The number of benzene rings is 2. The van der Waals surface area contributed by atoms with E-state index in [0.717, 1.165) is 29.8 Å². The van der Waals surface area contributed by atoms with Crippen molar-refractivity contribution in [2.24, 2.45) is 23.7 Å². The highest BCUT2D eigenvalue weighted by Gasteiger charge is 2.55. The third-order valence-electron chi connectivity index (χ3n) is 7.69. The van der Waals surface area contributed by atoms with Crippen LogP contribution in [0.25, 0.3) is 0 Å². The summed E-state index contributed by atoms with van der Waals surface area (Å²) >= 11 is 0. The fourth-order valence-corrected chi connectivity index (χ4v) is 6.19. The Balaban J connectivity index is 1.51. The standard InChI is InChI=1S/C29H32N2O5/c1-3-35-29(34)30-20-14-15-23-19(16-20)17-24-25(18(2)36-28(24)33)26(23)27(32)31(21-10-6-4-7-11-21)22-12-8-5-9-13-22/h4-13,17-18,20,23-26H,3,14-16H2,1-2H3,(H,30,34)/t18-,20+,23-,24-,25-,26+/m1/s1. The second-order valence-corrected chi connectivity index (χ2v) is 9.81. The number of carbonyl (C=O) groups excluding carboxylic acids is 3. The Labute approximate surface area is 211 Å². The van der Waals surface area contributed by atoms with Gasteiger partial charge in [-0.2, -0.15) is 0 Å². The van der Waals surface area contributed by atoms with Gasteiger partial charge in [0.1, 0.15) is 6.10 Å². The lowest BCUT2D eigenvalue weighted by atomic mass is 9.61. The summed E-state index contributed by atoms with van der Waals surface area (Å²) < 4.78 is 10.7. The maximum Gasteiger partial charge on any atom is 0.407 e. The molecule has 7 heteroatoms. The molecule has 0 bridgehead atoms. The number of rotatable bonds is 5. The quantitative estimate of drug-likeness (QED) is 0.473. The normalized spacial score (nSPS) is 28.7. The average Bonchev–Trinajstić information content (AvgIpc) is 3.16. The number of nitrogens with zero attached hydrogens (tertiary/aromatic N) is 1. The van der Waals surface area contributed by atoms with Crippen molar-refractivity contribution in [3.8, 4) is 0 Å². The van der Waals surface area contributed by atoms with Crippen molar-refractivity contribution >= 4 is 29.3 Å². The van der Waals surface area contributed by atoms with Gasteiger partial charge in [0.15, 0.2) is 0 Å². The van der Waals surface area contributed by atoms with Gasteiger partial charge in [0.25, 0.3) is 0 Å². The highest BCUT2D eigenvalue weighted by atomic mass is 16.6. The van der Waals surface area contributed by atoms with Crippen molar-refractivity contribution < 1.29 is 23.9 Å². The van der Waals surface area contributed by atoms with Gasteiger partial charge in [-0.3, -0.25) is 14.5 Å². The van der Waals surface area contributed by atoms with Crippen molar-refractivity contribution in [1.29, 1.82) is 0 Å². The summed E-state index contributed by atoms with van der Waals surface area (Å²) in [5, 5.41) is 2.94. The van der Waals surface area contributed by atoms with Crippen LogP contribution in [0.1, 0.15) is 33.1 Å². The molecule has 1 N–H and O–H groups in total. The van der Waals surface area contributed by atoms with Crippen LogP contribution in [0.4, 0.5) is 16.2 Å². The summed E-state index contributed by atoms with van der Waals surface area (Å²) in [4.78, 5) is 41.2. The smallest absolute Gasteiger partial charge is 0.407 e. The van der Waals surface area contributed by atoms with Gasteiger partial charge in [-0.1, -0.05) is 48.0 Å². The van der Waals surface area contributed by atoms with E-state index in [0.29, 0.717) is 13.0 Å². The summed E-state index contributed by atoms with van der Waals surface area (Å²) in [5.74, 6) is -1.44. The Morgan fingerprint density at radius 2 is 1.67 bits per heavy atom. The van der Waals surface area contributed by atoms with E-state index in [4.69, 9.17) is 9.47 Å². The molecular formula is C29H32N2O5. The number of fused-ring (bicyclic) bond motifs is 2. The number of para-hydroxylation sites is 2. The summed E-state index contributed by atoms with van der Waals surface area (Å²) in [6.07, 6.45) is 3.30. The lowest BCUT2D eigenvalue weighted by molar-refractivity contribution is -0.142. The Hall–Kier alpha value is -3.61. The SMILES string of the molecule is CCOC(=O)N[C@H]1CC[C@@H]2C(=C[C@H]3C(=O)O[C@H](C)[C@H]3[C@H]2C(=O)N(c2ccccc2)c2ccccc2)C1. The van der Waals surface area contributed by atoms with E-state index >= 15 is 0 Å². The summed E-state index contributed by atoms with van der Waals surface area (Å²) in [5.41, 5.74) is 2.63. The molecule has 1 saturated heterocycles. The molecular weight excluding hydrogens is 456 g/mol. The van der Waals surface area contributed by atoms with E-state index in [1.54, 1.807) is 11.8 Å². The molecule has 5 rings (SSSR count). The van der Waals surface area contributed by atoms with E-state index in [-0.39, 0.29) is 35.9 Å². The summed E-state index contributed by atoms with van der Waals surface area (Å²) in [6, 6.07) is 19.2. The summed E-state index contributed by atoms with van der Waals surface area (Å²) in [6.45, 7) is 3.97. The third-order valence-corrected chi connectivity index (χ3v) is 7.69. The Morgan fingerprint density at radius 3 is 2.28 bits per heavy atom. The zero-order valence-corrected chi connectivity index (χ0v) is 20.6. The first kappa shape index (κ1) is 24.1.